The first-order valence-corrected chi connectivity index (χ1v) is 12.5. The van der Waals surface area contributed by atoms with E-state index in [-0.39, 0.29) is 0 Å². The molecule has 0 atom stereocenters. The van der Waals surface area contributed by atoms with Crippen molar-refractivity contribution in [3.8, 4) is 11.4 Å². The molecule has 0 saturated heterocycles. The standard InChI is InChI=1S/C28H27Cl2N5/c1-18-7-3-11-22-25(18)33-28(34-27(22)32-14-6-13-31-2)23-17-35(16-19-8-4-9-20(29)15-19)26-21(23)10-5-12-24(26)30/h3-5,7-12,15,17,31H,6,13-14,16H2,1-2H3,(H,32,33,34). The van der Waals surface area contributed by atoms with Crippen LogP contribution in [-0.2, 0) is 6.54 Å². The molecule has 0 fully saturated rings. The Bertz CT molecular complexity index is 1510. The van der Waals surface area contributed by atoms with Crippen LogP contribution in [0.1, 0.15) is 17.5 Å². The summed E-state index contributed by atoms with van der Waals surface area (Å²) in [6, 6.07) is 20.1. The fourth-order valence-corrected chi connectivity index (χ4v) is 4.97. The molecule has 0 bridgehead atoms. The molecule has 0 aliphatic carbocycles. The van der Waals surface area contributed by atoms with Crippen LogP contribution < -0.4 is 10.6 Å². The van der Waals surface area contributed by atoms with Gasteiger partial charge in [0.25, 0.3) is 0 Å². The van der Waals surface area contributed by atoms with E-state index in [1.54, 1.807) is 0 Å². The Morgan fingerprint density at radius 1 is 0.914 bits per heavy atom. The molecule has 0 amide bonds. The Balaban J connectivity index is 1.65. The van der Waals surface area contributed by atoms with E-state index in [4.69, 9.17) is 33.2 Å². The maximum Gasteiger partial charge on any atom is 0.164 e. The zero-order chi connectivity index (χ0) is 24.4. The number of aryl methyl sites for hydroxylation is 1. The van der Waals surface area contributed by atoms with Crippen molar-refractivity contribution >= 4 is 50.8 Å². The Morgan fingerprint density at radius 3 is 2.54 bits per heavy atom. The first kappa shape index (κ1) is 23.6. The Kier molecular flexibility index (Phi) is 6.91. The van der Waals surface area contributed by atoms with E-state index >= 15 is 0 Å². The van der Waals surface area contributed by atoms with Gasteiger partial charge < -0.3 is 15.2 Å². The van der Waals surface area contributed by atoms with Crippen LogP contribution >= 0.6 is 23.2 Å². The molecule has 5 rings (SSSR count). The maximum atomic E-state index is 6.70. The average molecular weight is 504 g/mol. The predicted octanol–water partition coefficient (Wildman–Crippen LogP) is 6.94. The highest BCUT2D eigenvalue weighted by molar-refractivity contribution is 6.35. The van der Waals surface area contributed by atoms with Gasteiger partial charge in [0.2, 0.25) is 0 Å². The zero-order valence-electron chi connectivity index (χ0n) is 19.8. The summed E-state index contributed by atoms with van der Waals surface area (Å²) in [6.07, 6.45) is 3.10. The van der Waals surface area contributed by atoms with Crippen LogP contribution in [0.4, 0.5) is 5.82 Å². The Hall–Kier alpha value is -3.12. The minimum Gasteiger partial charge on any atom is -0.369 e. The third kappa shape index (κ3) is 4.85. The van der Waals surface area contributed by atoms with Crippen molar-refractivity contribution in [1.82, 2.24) is 19.9 Å². The minimum atomic E-state index is 0.641. The van der Waals surface area contributed by atoms with Gasteiger partial charge in [0, 0.05) is 40.6 Å². The smallest absolute Gasteiger partial charge is 0.164 e. The summed E-state index contributed by atoms with van der Waals surface area (Å²) >= 11 is 12.9. The van der Waals surface area contributed by atoms with Crippen molar-refractivity contribution in [1.29, 1.82) is 0 Å². The van der Waals surface area contributed by atoms with Crippen LogP contribution in [0, 0.1) is 6.92 Å². The second-order valence-electron chi connectivity index (χ2n) is 8.69. The third-order valence-electron chi connectivity index (χ3n) is 6.16. The number of benzene rings is 3. The summed E-state index contributed by atoms with van der Waals surface area (Å²) in [5.74, 6) is 1.53. The molecule has 0 aliphatic rings. The van der Waals surface area contributed by atoms with E-state index in [0.29, 0.717) is 22.4 Å². The van der Waals surface area contributed by atoms with E-state index in [1.807, 2.05) is 37.4 Å². The lowest BCUT2D eigenvalue weighted by atomic mass is 10.1. The average Bonchev–Trinajstić information content (AvgIpc) is 3.21. The topological polar surface area (TPSA) is 54.8 Å². The second kappa shape index (κ2) is 10.2. The quantitative estimate of drug-likeness (QED) is 0.225. The van der Waals surface area contributed by atoms with Crippen molar-refractivity contribution in [3.05, 3.63) is 88.0 Å². The van der Waals surface area contributed by atoms with Gasteiger partial charge in [-0.3, -0.25) is 0 Å². The van der Waals surface area contributed by atoms with Gasteiger partial charge in [0.1, 0.15) is 5.82 Å². The normalized spacial score (nSPS) is 11.4. The first-order chi connectivity index (χ1) is 17.0. The minimum absolute atomic E-state index is 0.641. The summed E-state index contributed by atoms with van der Waals surface area (Å²) in [6.45, 7) is 4.49. The molecule has 5 nitrogen and oxygen atoms in total. The van der Waals surface area contributed by atoms with Gasteiger partial charge in [0.15, 0.2) is 5.82 Å². The van der Waals surface area contributed by atoms with E-state index in [9.17, 15) is 0 Å². The van der Waals surface area contributed by atoms with Crippen LogP contribution in [0.3, 0.4) is 0 Å². The monoisotopic (exact) mass is 503 g/mol. The lowest BCUT2D eigenvalue weighted by Gasteiger charge is -2.12. The Labute approximate surface area is 215 Å². The molecule has 2 N–H and O–H groups in total. The molecule has 178 valence electrons. The molecule has 35 heavy (non-hydrogen) atoms. The maximum absolute atomic E-state index is 6.70. The molecular formula is C28H27Cl2N5. The summed E-state index contributed by atoms with van der Waals surface area (Å²) in [4.78, 5) is 10.0. The predicted molar refractivity (Wildman–Crippen MR) is 148 cm³/mol. The van der Waals surface area contributed by atoms with Gasteiger partial charge in [0.05, 0.1) is 16.1 Å². The van der Waals surface area contributed by atoms with Crippen LogP contribution in [0.2, 0.25) is 10.0 Å². The molecule has 2 heterocycles. The number of para-hydroxylation sites is 2. The first-order valence-electron chi connectivity index (χ1n) is 11.7. The van der Waals surface area contributed by atoms with Crippen LogP contribution in [0.25, 0.3) is 33.2 Å². The van der Waals surface area contributed by atoms with Gasteiger partial charge in [-0.15, -0.1) is 0 Å². The van der Waals surface area contributed by atoms with Crippen molar-refractivity contribution in [2.45, 2.75) is 19.9 Å². The molecule has 2 aromatic heterocycles. The van der Waals surface area contributed by atoms with Gasteiger partial charge in [-0.25, -0.2) is 9.97 Å². The van der Waals surface area contributed by atoms with E-state index < -0.39 is 0 Å². The fourth-order valence-electron chi connectivity index (χ4n) is 4.47. The number of aromatic nitrogens is 3. The number of rotatable bonds is 8. The van der Waals surface area contributed by atoms with Crippen molar-refractivity contribution in [3.63, 3.8) is 0 Å². The second-order valence-corrected chi connectivity index (χ2v) is 9.53. The molecular weight excluding hydrogens is 477 g/mol. The molecule has 5 aromatic rings. The summed E-state index contributed by atoms with van der Waals surface area (Å²) in [5, 5.41) is 10.2. The Morgan fingerprint density at radius 2 is 1.71 bits per heavy atom. The van der Waals surface area contributed by atoms with Gasteiger partial charge in [-0.2, -0.15) is 0 Å². The fraction of sp³-hybridized carbons (Fsp3) is 0.214. The molecule has 0 unspecified atom stereocenters. The van der Waals surface area contributed by atoms with Crippen LogP contribution in [0.15, 0.2) is 66.9 Å². The van der Waals surface area contributed by atoms with Gasteiger partial charge >= 0.3 is 0 Å². The summed E-state index contributed by atoms with van der Waals surface area (Å²) in [7, 11) is 1.96. The molecule has 3 aromatic carbocycles. The molecule has 7 heteroatoms. The lowest BCUT2D eigenvalue weighted by Crippen LogP contribution is -2.14. The van der Waals surface area contributed by atoms with E-state index in [2.05, 4.69) is 58.7 Å². The van der Waals surface area contributed by atoms with E-state index in [1.165, 1.54) is 0 Å². The number of anilines is 1. The summed E-state index contributed by atoms with van der Waals surface area (Å²) < 4.78 is 2.16. The highest BCUT2D eigenvalue weighted by Crippen LogP contribution is 2.35. The number of hydrogen-bond acceptors (Lipinski definition) is 4. The number of fused-ring (bicyclic) bond motifs is 2. The molecule has 0 saturated carbocycles. The summed E-state index contributed by atoms with van der Waals surface area (Å²) in [5.41, 5.74) is 5.08. The number of nitrogens with one attached hydrogen (secondary N) is 2. The zero-order valence-corrected chi connectivity index (χ0v) is 21.3. The molecule has 0 aliphatic heterocycles. The number of hydrogen-bond donors (Lipinski definition) is 2. The SMILES string of the molecule is CNCCCNc1nc(-c2cn(Cc3cccc(Cl)c3)c3c(Cl)cccc23)nc2c(C)cccc12. The number of halogens is 2. The van der Waals surface area contributed by atoms with Gasteiger partial charge in [-0.1, -0.05) is 59.6 Å². The molecule has 0 radical (unpaired) electrons. The highest BCUT2D eigenvalue weighted by Gasteiger charge is 2.18. The van der Waals surface area contributed by atoms with Crippen molar-refractivity contribution in [2.24, 2.45) is 0 Å². The van der Waals surface area contributed by atoms with E-state index in [0.717, 1.165) is 63.8 Å². The van der Waals surface area contributed by atoms with Crippen molar-refractivity contribution in [2.75, 3.05) is 25.5 Å². The number of nitrogens with zero attached hydrogens (tertiary/aromatic N) is 3. The largest absolute Gasteiger partial charge is 0.369 e. The van der Waals surface area contributed by atoms with Crippen molar-refractivity contribution < 1.29 is 0 Å². The lowest BCUT2D eigenvalue weighted by molar-refractivity contribution is 0.747. The van der Waals surface area contributed by atoms with Crippen LogP contribution in [-0.4, -0.2) is 34.7 Å². The van der Waals surface area contributed by atoms with Gasteiger partial charge in [-0.05, 0) is 62.3 Å². The molecule has 0 spiro atoms. The third-order valence-corrected chi connectivity index (χ3v) is 6.70. The van der Waals surface area contributed by atoms with Crippen LogP contribution in [0.5, 0.6) is 0 Å². The highest BCUT2D eigenvalue weighted by atomic mass is 35.5.